The maximum Gasteiger partial charge on any atom is 0.287 e. The highest BCUT2D eigenvalue weighted by molar-refractivity contribution is 5.93. The molecule has 0 spiro atoms. The zero-order chi connectivity index (χ0) is 16.5. The van der Waals surface area contributed by atoms with Gasteiger partial charge in [-0.25, -0.2) is 4.57 Å². The molecule has 2 aromatic heterocycles. The van der Waals surface area contributed by atoms with Crippen LogP contribution in [-0.2, 0) is 7.05 Å². The lowest BCUT2D eigenvalue weighted by molar-refractivity contribution is -0.662. The molecule has 116 valence electrons. The molecule has 0 saturated carbocycles. The van der Waals surface area contributed by atoms with Crippen molar-refractivity contribution < 1.29 is 4.57 Å². The van der Waals surface area contributed by atoms with Crippen LogP contribution in [0.15, 0.2) is 67.4 Å². The molecule has 0 saturated heterocycles. The van der Waals surface area contributed by atoms with E-state index >= 15 is 0 Å². The third-order valence-corrected chi connectivity index (χ3v) is 4.23. The van der Waals surface area contributed by atoms with E-state index in [2.05, 4.69) is 68.9 Å². The number of benzene rings is 2. The first-order chi connectivity index (χ1) is 11.7. The van der Waals surface area contributed by atoms with E-state index in [1.165, 1.54) is 16.8 Å². The summed E-state index contributed by atoms with van der Waals surface area (Å²) >= 11 is 0. The molecule has 4 aromatic rings. The second-order valence-electron chi connectivity index (χ2n) is 5.84. The predicted molar refractivity (Wildman–Crippen MR) is 94.1 cm³/mol. The molecule has 0 aliphatic rings. The first-order valence-corrected chi connectivity index (χ1v) is 7.85. The Kier molecular flexibility index (Phi) is 3.50. The highest BCUT2D eigenvalue weighted by Gasteiger charge is 2.17. The first-order valence-electron chi connectivity index (χ1n) is 7.85. The standard InChI is InChI=1S/C20H17N4/c1-14-5-3-4-6-16(14)20-17-8-7-15(19-12-21-9-10-22-19)11-18(17)23-13-24(20)2/h3-13H,1-2H3/q+1. The maximum absolute atomic E-state index is 4.60. The molecular formula is C20H17N4+. The first kappa shape index (κ1) is 14.5. The fraction of sp³-hybridized carbons (Fsp3) is 0.100. The van der Waals surface area contributed by atoms with Crippen LogP contribution in [0.2, 0.25) is 0 Å². The van der Waals surface area contributed by atoms with Gasteiger partial charge in [0, 0.05) is 23.5 Å². The molecule has 0 unspecified atom stereocenters. The minimum Gasteiger partial charge on any atom is -0.261 e. The molecule has 24 heavy (non-hydrogen) atoms. The van der Waals surface area contributed by atoms with Gasteiger partial charge in [0.2, 0.25) is 0 Å². The van der Waals surface area contributed by atoms with Crippen LogP contribution in [0.25, 0.3) is 33.4 Å². The third-order valence-electron chi connectivity index (χ3n) is 4.23. The number of fused-ring (bicyclic) bond motifs is 1. The molecule has 4 heteroatoms. The molecule has 0 bridgehead atoms. The average Bonchev–Trinajstić information content (AvgIpc) is 2.63. The number of rotatable bonds is 2. The van der Waals surface area contributed by atoms with Crippen molar-refractivity contribution in [2.75, 3.05) is 0 Å². The van der Waals surface area contributed by atoms with Crippen LogP contribution >= 0.6 is 0 Å². The van der Waals surface area contributed by atoms with Crippen LogP contribution in [-0.4, -0.2) is 15.0 Å². The topological polar surface area (TPSA) is 42.6 Å². The summed E-state index contributed by atoms with van der Waals surface area (Å²) in [5.74, 6) is 0. The van der Waals surface area contributed by atoms with Gasteiger partial charge in [-0.1, -0.05) is 30.3 Å². The van der Waals surface area contributed by atoms with Crippen molar-refractivity contribution >= 4 is 10.9 Å². The van der Waals surface area contributed by atoms with Crippen LogP contribution in [0.5, 0.6) is 0 Å². The van der Waals surface area contributed by atoms with E-state index in [1.807, 2.05) is 13.4 Å². The lowest BCUT2D eigenvalue weighted by Gasteiger charge is -2.09. The van der Waals surface area contributed by atoms with Gasteiger partial charge in [0.25, 0.3) is 6.33 Å². The van der Waals surface area contributed by atoms with Crippen LogP contribution in [0.4, 0.5) is 0 Å². The van der Waals surface area contributed by atoms with Crippen LogP contribution in [0.1, 0.15) is 5.56 Å². The minimum atomic E-state index is 0.854. The quantitative estimate of drug-likeness (QED) is 0.532. The normalized spacial score (nSPS) is 10.9. The van der Waals surface area contributed by atoms with Gasteiger partial charge in [-0.2, -0.15) is 0 Å². The van der Waals surface area contributed by atoms with E-state index in [0.29, 0.717) is 0 Å². The Morgan fingerprint density at radius 3 is 2.62 bits per heavy atom. The van der Waals surface area contributed by atoms with Crippen molar-refractivity contribution in [2.24, 2.45) is 7.05 Å². The van der Waals surface area contributed by atoms with Crippen LogP contribution < -0.4 is 4.57 Å². The van der Waals surface area contributed by atoms with Gasteiger partial charge in [-0.3, -0.25) is 9.97 Å². The summed E-state index contributed by atoms with van der Waals surface area (Å²) in [6.07, 6.45) is 7.02. The molecule has 2 aromatic carbocycles. The lowest BCUT2D eigenvalue weighted by atomic mass is 10.00. The average molecular weight is 313 g/mol. The Labute approximate surface area is 140 Å². The number of aryl methyl sites for hydroxylation is 2. The summed E-state index contributed by atoms with van der Waals surface area (Å²) < 4.78 is 2.08. The second-order valence-corrected chi connectivity index (χ2v) is 5.84. The molecule has 0 radical (unpaired) electrons. The van der Waals surface area contributed by atoms with Crippen molar-refractivity contribution in [3.05, 3.63) is 72.9 Å². The monoisotopic (exact) mass is 313 g/mol. The van der Waals surface area contributed by atoms with E-state index in [0.717, 1.165) is 22.2 Å². The summed E-state index contributed by atoms with van der Waals surface area (Å²) in [5, 5.41) is 1.13. The zero-order valence-electron chi connectivity index (χ0n) is 13.6. The molecule has 0 N–H and O–H groups in total. The van der Waals surface area contributed by atoms with Crippen molar-refractivity contribution in [1.29, 1.82) is 0 Å². The molecule has 0 fully saturated rings. The number of nitrogens with zero attached hydrogens (tertiary/aromatic N) is 4. The van der Waals surface area contributed by atoms with Crippen LogP contribution in [0, 0.1) is 6.92 Å². The summed E-state index contributed by atoms with van der Waals surface area (Å²) in [4.78, 5) is 13.1. The molecule has 0 amide bonds. The molecule has 4 rings (SSSR count). The fourth-order valence-corrected chi connectivity index (χ4v) is 3.02. The van der Waals surface area contributed by atoms with E-state index in [9.17, 15) is 0 Å². The number of hydrogen-bond donors (Lipinski definition) is 0. The van der Waals surface area contributed by atoms with Gasteiger partial charge in [-0.15, -0.1) is 0 Å². The van der Waals surface area contributed by atoms with Gasteiger partial charge in [0.05, 0.1) is 24.3 Å². The molecular weight excluding hydrogens is 296 g/mol. The SMILES string of the molecule is Cc1ccccc1-c1c2ccc(-c3cnccn3)cc2nc[n+]1C. The summed E-state index contributed by atoms with van der Waals surface area (Å²) in [6, 6.07) is 14.7. The van der Waals surface area contributed by atoms with E-state index in [1.54, 1.807) is 18.6 Å². The van der Waals surface area contributed by atoms with Gasteiger partial charge >= 0.3 is 0 Å². The zero-order valence-corrected chi connectivity index (χ0v) is 13.6. The predicted octanol–water partition coefficient (Wildman–Crippen LogP) is 3.49. The summed E-state index contributed by atoms with van der Waals surface area (Å²) in [7, 11) is 2.03. The number of hydrogen-bond acceptors (Lipinski definition) is 3. The van der Waals surface area contributed by atoms with Crippen LogP contribution in [0.3, 0.4) is 0 Å². The Bertz CT molecular complexity index is 1030. The molecule has 4 nitrogen and oxygen atoms in total. The van der Waals surface area contributed by atoms with Crippen molar-refractivity contribution in [1.82, 2.24) is 15.0 Å². The van der Waals surface area contributed by atoms with Crippen molar-refractivity contribution in [3.63, 3.8) is 0 Å². The second kappa shape index (κ2) is 5.81. The van der Waals surface area contributed by atoms with Crippen molar-refractivity contribution in [3.8, 4) is 22.5 Å². The Morgan fingerprint density at radius 2 is 1.83 bits per heavy atom. The maximum atomic E-state index is 4.60. The summed E-state index contributed by atoms with van der Waals surface area (Å²) in [6.45, 7) is 2.13. The van der Waals surface area contributed by atoms with Gasteiger partial charge < -0.3 is 0 Å². The van der Waals surface area contributed by atoms with E-state index < -0.39 is 0 Å². The van der Waals surface area contributed by atoms with E-state index in [4.69, 9.17) is 0 Å². The Hall–Kier alpha value is -3.14. The highest BCUT2D eigenvalue weighted by atomic mass is 15.0. The smallest absolute Gasteiger partial charge is 0.261 e. The van der Waals surface area contributed by atoms with Gasteiger partial charge in [0.1, 0.15) is 5.69 Å². The summed E-state index contributed by atoms with van der Waals surface area (Å²) in [5.41, 5.74) is 6.47. The lowest BCUT2D eigenvalue weighted by Crippen LogP contribution is -2.31. The third kappa shape index (κ3) is 2.42. The minimum absolute atomic E-state index is 0.854. The Balaban J connectivity index is 1.96. The Morgan fingerprint density at radius 1 is 0.958 bits per heavy atom. The highest BCUT2D eigenvalue weighted by Crippen LogP contribution is 2.29. The van der Waals surface area contributed by atoms with E-state index in [-0.39, 0.29) is 0 Å². The largest absolute Gasteiger partial charge is 0.287 e. The molecule has 0 atom stereocenters. The molecule has 0 aliphatic carbocycles. The molecule has 0 aliphatic heterocycles. The van der Waals surface area contributed by atoms with Gasteiger partial charge in [0.15, 0.2) is 5.52 Å². The number of aromatic nitrogens is 4. The fourth-order valence-electron chi connectivity index (χ4n) is 3.02. The van der Waals surface area contributed by atoms with Gasteiger partial charge in [-0.05, 0) is 29.6 Å². The van der Waals surface area contributed by atoms with Crippen molar-refractivity contribution in [2.45, 2.75) is 6.92 Å². The molecule has 2 heterocycles.